The third kappa shape index (κ3) is 3.06. The van der Waals surface area contributed by atoms with Gasteiger partial charge in [0.15, 0.2) is 5.69 Å². The molecule has 0 aliphatic heterocycles. The Hall–Kier alpha value is -2.01. The minimum Gasteiger partial charge on any atom is -0.477 e. The van der Waals surface area contributed by atoms with Gasteiger partial charge >= 0.3 is 5.97 Å². The van der Waals surface area contributed by atoms with Crippen LogP contribution in [-0.4, -0.2) is 21.0 Å². The summed E-state index contributed by atoms with van der Waals surface area (Å²) in [6.45, 7) is 1.66. The summed E-state index contributed by atoms with van der Waals surface area (Å²) in [7, 11) is 0. The summed E-state index contributed by atoms with van der Waals surface area (Å²) in [5.74, 6) is -1.43. The standard InChI is InChI=1S/C13H10ClFN2O2/c1-7-5-10(13(18)19)17-11(16-7)6-8-3-2-4-9(14)12(8)15/h2-5H,6H2,1H3,(H,18,19). The number of carboxylic acids is 1. The summed E-state index contributed by atoms with van der Waals surface area (Å²) in [4.78, 5) is 18.9. The van der Waals surface area contributed by atoms with E-state index in [9.17, 15) is 9.18 Å². The summed E-state index contributed by atoms with van der Waals surface area (Å²) in [5, 5.41) is 8.93. The fourth-order valence-corrected chi connectivity index (χ4v) is 1.87. The quantitative estimate of drug-likeness (QED) is 0.939. The van der Waals surface area contributed by atoms with Gasteiger partial charge in [0.05, 0.1) is 5.02 Å². The Kier molecular flexibility index (Phi) is 3.76. The van der Waals surface area contributed by atoms with Crippen molar-refractivity contribution >= 4 is 17.6 Å². The number of halogens is 2. The van der Waals surface area contributed by atoms with E-state index in [1.165, 1.54) is 12.1 Å². The lowest BCUT2D eigenvalue weighted by molar-refractivity contribution is 0.0689. The number of nitrogens with zero attached hydrogens (tertiary/aromatic N) is 2. The van der Waals surface area contributed by atoms with Gasteiger partial charge in [-0.15, -0.1) is 0 Å². The average Bonchev–Trinajstić information content (AvgIpc) is 2.34. The van der Waals surface area contributed by atoms with E-state index in [0.717, 1.165) is 0 Å². The van der Waals surface area contributed by atoms with Crippen LogP contribution in [0.2, 0.25) is 5.02 Å². The van der Waals surface area contributed by atoms with E-state index in [1.807, 2.05) is 0 Å². The molecule has 1 aromatic carbocycles. The maximum absolute atomic E-state index is 13.7. The van der Waals surface area contributed by atoms with Crippen molar-refractivity contribution in [2.45, 2.75) is 13.3 Å². The van der Waals surface area contributed by atoms with Crippen LogP contribution < -0.4 is 0 Å². The number of aromatic carboxylic acids is 1. The zero-order valence-corrected chi connectivity index (χ0v) is 10.8. The Balaban J connectivity index is 2.38. The van der Waals surface area contributed by atoms with Crippen molar-refractivity contribution in [3.63, 3.8) is 0 Å². The fourth-order valence-electron chi connectivity index (χ4n) is 1.67. The maximum Gasteiger partial charge on any atom is 0.354 e. The second kappa shape index (κ2) is 5.32. The number of carbonyl (C=O) groups is 1. The molecule has 0 saturated heterocycles. The van der Waals surface area contributed by atoms with Gasteiger partial charge in [-0.1, -0.05) is 23.7 Å². The molecule has 0 bridgehead atoms. The zero-order valence-electron chi connectivity index (χ0n) is 10.0. The normalized spacial score (nSPS) is 10.5. The lowest BCUT2D eigenvalue weighted by Gasteiger charge is -2.05. The summed E-state index contributed by atoms with van der Waals surface area (Å²) >= 11 is 5.68. The van der Waals surface area contributed by atoms with Gasteiger partial charge in [0.2, 0.25) is 0 Å². The van der Waals surface area contributed by atoms with Gasteiger partial charge in [-0.2, -0.15) is 0 Å². The highest BCUT2D eigenvalue weighted by Crippen LogP contribution is 2.19. The summed E-state index contributed by atoms with van der Waals surface area (Å²) in [5.41, 5.74) is 0.740. The third-order valence-corrected chi connectivity index (χ3v) is 2.79. The van der Waals surface area contributed by atoms with E-state index >= 15 is 0 Å². The SMILES string of the molecule is Cc1cc(C(=O)O)nc(Cc2cccc(Cl)c2F)n1. The highest BCUT2D eigenvalue weighted by atomic mass is 35.5. The second-order valence-corrected chi connectivity index (χ2v) is 4.41. The van der Waals surface area contributed by atoms with Gasteiger partial charge in [0.1, 0.15) is 11.6 Å². The molecule has 0 aliphatic carbocycles. The highest BCUT2D eigenvalue weighted by Gasteiger charge is 2.12. The van der Waals surface area contributed by atoms with E-state index < -0.39 is 11.8 Å². The molecule has 0 unspecified atom stereocenters. The number of carboxylic acid groups (broad SMARTS) is 1. The number of aryl methyl sites for hydroxylation is 1. The molecule has 0 saturated carbocycles. The molecule has 0 aliphatic rings. The molecule has 0 fully saturated rings. The molecule has 0 amide bonds. The Morgan fingerprint density at radius 3 is 2.84 bits per heavy atom. The molecule has 0 radical (unpaired) electrons. The molecule has 0 spiro atoms. The van der Waals surface area contributed by atoms with E-state index in [-0.39, 0.29) is 23.0 Å². The maximum atomic E-state index is 13.7. The van der Waals surface area contributed by atoms with Crippen molar-refractivity contribution < 1.29 is 14.3 Å². The third-order valence-electron chi connectivity index (χ3n) is 2.50. The van der Waals surface area contributed by atoms with Crippen LogP contribution in [0.4, 0.5) is 4.39 Å². The number of rotatable bonds is 3. The van der Waals surface area contributed by atoms with Crippen LogP contribution in [0.1, 0.15) is 27.6 Å². The summed E-state index contributed by atoms with van der Waals surface area (Å²) in [6.07, 6.45) is 0.0916. The van der Waals surface area contributed by atoms with E-state index in [1.54, 1.807) is 19.1 Å². The zero-order chi connectivity index (χ0) is 14.0. The Morgan fingerprint density at radius 1 is 1.42 bits per heavy atom. The van der Waals surface area contributed by atoms with Crippen LogP contribution in [0.5, 0.6) is 0 Å². The molecule has 1 N–H and O–H groups in total. The monoisotopic (exact) mass is 280 g/mol. The molecule has 0 atom stereocenters. The fraction of sp³-hybridized carbons (Fsp3) is 0.154. The number of aromatic nitrogens is 2. The first-order chi connectivity index (χ1) is 8.97. The molecule has 1 aromatic heterocycles. The van der Waals surface area contributed by atoms with Crippen LogP contribution in [0.15, 0.2) is 24.3 Å². The summed E-state index contributed by atoms with van der Waals surface area (Å²) < 4.78 is 13.7. The van der Waals surface area contributed by atoms with E-state index in [4.69, 9.17) is 16.7 Å². The lowest BCUT2D eigenvalue weighted by Crippen LogP contribution is -2.07. The largest absolute Gasteiger partial charge is 0.477 e. The van der Waals surface area contributed by atoms with Crippen molar-refractivity contribution in [2.75, 3.05) is 0 Å². The number of benzene rings is 1. The minimum absolute atomic E-state index is 0.0172. The molecule has 19 heavy (non-hydrogen) atoms. The molecule has 4 nitrogen and oxygen atoms in total. The van der Waals surface area contributed by atoms with Crippen molar-refractivity contribution in [1.29, 1.82) is 0 Å². The van der Waals surface area contributed by atoms with Crippen LogP contribution >= 0.6 is 11.6 Å². The Labute approximate surface area is 113 Å². The first-order valence-electron chi connectivity index (χ1n) is 5.48. The van der Waals surface area contributed by atoms with Gasteiger partial charge in [0, 0.05) is 12.1 Å². The highest BCUT2D eigenvalue weighted by molar-refractivity contribution is 6.30. The van der Waals surface area contributed by atoms with Crippen molar-refractivity contribution in [2.24, 2.45) is 0 Å². The number of hydrogen-bond acceptors (Lipinski definition) is 3. The first-order valence-corrected chi connectivity index (χ1v) is 5.86. The van der Waals surface area contributed by atoms with E-state index in [0.29, 0.717) is 11.3 Å². The van der Waals surface area contributed by atoms with Crippen molar-refractivity contribution in [1.82, 2.24) is 9.97 Å². The molecule has 6 heteroatoms. The topological polar surface area (TPSA) is 63.1 Å². The van der Waals surface area contributed by atoms with Crippen LogP contribution in [0, 0.1) is 12.7 Å². The molecule has 2 aromatic rings. The molecular weight excluding hydrogens is 271 g/mol. The molecular formula is C13H10ClFN2O2. The Bertz CT molecular complexity index is 647. The van der Waals surface area contributed by atoms with Crippen LogP contribution in [0.3, 0.4) is 0 Å². The van der Waals surface area contributed by atoms with Gasteiger partial charge in [-0.25, -0.2) is 19.2 Å². The molecule has 1 heterocycles. The van der Waals surface area contributed by atoms with Crippen molar-refractivity contribution in [3.05, 3.63) is 57.9 Å². The first kappa shape index (κ1) is 13.4. The summed E-state index contributed by atoms with van der Waals surface area (Å²) in [6, 6.07) is 5.99. The van der Waals surface area contributed by atoms with Crippen LogP contribution in [0.25, 0.3) is 0 Å². The second-order valence-electron chi connectivity index (χ2n) is 4.01. The predicted octanol–water partition coefficient (Wildman–Crippen LogP) is 2.87. The van der Waals surface area contributed by atoms with Crippen LogP contribution in [-0.2, 0) is 6.42 Å². The van der Waals surface area contributed by atoms with Gasteiger partial charge in [-0.05, 0) is 24.6 Å². The molecule has 2 rings (SSSR count). The minimum atomic E-state index is -1.14. The molecule has 98 valence electrons. The van der Waals surface area contributed by atoms with E-state index in [2.05, 4.69) is 9.97 Å². The average molecular weight is 281 g/mol. The smallest absolute Gasteiger partial charge is 0.354 e. The van der Waals surface area contributed by atoms with Gasteiger partial charge in [-0.3, -0.25) is 0 Å². The predicted molar refractivity (Wildman–Crippen MR) is 67.9 cm³/mol. The van der Waals surface area contributed by atoms with Crippen molar-refractivity contribution in [3.8, 4) is 0 Å². The number of hydrogen-bond donors (Lipinski definition) is 1. The lowest BCUT2D eigenvalue weighted by atomic mass is 10.1. The van der Waals surface area contributed by atoms with Gasteiger partial charge < -0.3 is 5.11 Å². The van der Waals surface area contributed by atoms with Gasteiger partial charge in [0.25, 0.3) is 0 Å². The Morgan fingerprint density at radius 2 is 2.16 bits per heavy atom.